The second-order valence-corrected chi connectivity index (χ2v) is 5.11. The molecule has 0 saturated carbocycles. The lowest BCUT2D eigenvalue weighted by atomic mass is 10.1. The minimum atomic E-state index is 0.000972. The Balaban J connectivity index is 1.89. The van der Waals surface area contributed by atoms with Gasteiger partial charge in [0.15, 0.2) is 0 Å². The minimum Gasteiger partial charge on any atom is -0.361 e. The number of benzene rings is 1. The Morgan fingerprint density at radius 1 is 1.42 bits per heavy atom. The maximum atomic E-state index is 12.5. The number of aromatic nitrogens is 2. The van der Waals surface area contributed by atoms with Gasteiger partial charge < -0.3 is 9.88 Å². The molecule has 1 amide bonds. The molecule has 0 unspecified atom stereocenters. The molecule has 0 radical (unpaired) electrons. The first kappa shape index (κ1) is 11.9. The Morgan fingerprint density at radius 3 is 3.11 bits per heavy atom. The fourth-order valence-electron chi connectivity index (χ4n) is 2.10. The molecular weight excluding hydrogens is 258 g/mol. The maximum Gasteiger partial charge on any atom is 0.256 e. The van der Waals surface area contributed by atoms with E-state index < -0.39 is 0 Å². The van der Waals surface area contributed by atoms with Crippen molar-refractivity contribution in [1.29, 1.82) is 0 Å². The Labute approximate surface area is 114 Å². The van der Waals surface area contributed by atoms with Crippen molar-refractivity contribution in [3.63, 3.8) is 0 Å². The lowest BCUT2D eigenvalue weighted by molar-refractivity contribution is 0.0785. The molecule has 2 aromatic heterocycles. The van der Waals surface area contributed by atoms with E-state index >= 15 is 0 Å². The molecule has 5 heteroatoms. The predicted octanol–water partition coefficient (Wildman–Crippen LogP) is 2.90. The zero-order chi connectivity index (χ0) is 13.2. The number of nitrogens with zero attached hydrogens (tertiary/aromatic N) is 2. The molecule has 0 aliphatic carbocycles. The molecule has 96 valence electrons. The van der Waals surface area contributed by atoms with E-state index in [0.717, 1.165) is 16.6 Å². The number of hydrogen-bond donors (Lipinski definition) is 1. The topological polar surface area (TPSA) is 49.0 Å². The van der Waals surface area contributed by atoms with E-state index in [0.29, 0.717) is 12.1 Å². The summed E-state index contributed by atoms with van der Waals surface area (Å²) in [5.74, 6) is 0.000972. The molecule has 2 heterocycles. The molecule has 0 fully saturated rings. The van der Waals surface area contributed by atoms with Gasteiger partial charge in [-0.1, -0.05) is 12.1 Å². The summed E-state index contributed by atoms with van der Waals surface area (Å²) in [6, 6.07) is 7.70. The highest BCUT2D eigenvalue weighted by atomic mass is 32.1. The van der Waals surface area contributed by atoms with Crippen molar-refractivity contribution in [2.75, 3.05) is 7.05 Å². The number of carbonyl (C=O) groups is 1. The molecule has 1 aromatic carbocycles. The number of H-pyrrole nitrogens is 1. The Kier molecular flexibility index (Phi) is 3.05. The normalized spacial score (nSPS) is 10.8. The van der Waals surface area contributed by atoms with Crippen LogP contribution in [0.15, 0.2) is 41.4 Å². The molecule has 4 nitrogen and oxygen atoms in total. The predicted molar refractivity (Wildman–Crippen MR) is 76.2 cm³/mol. The third-order valence-electron chi connectivity index (χ3n) is 3.05. The van der Waals surface area contributed by atoms with Crippen LogP contribution in [0.25, 0.3) is 10.9 Å². The van der Waals surface area contributed by atoms with Crippen molar-refractivity contribution in [2.24, 2.45) is 0 Å². The first-order valence-corrected chi connectivity index (χ1v) is 6.88. The van der Waals surface area contributed by atoms with Gasteiger partial charge in [-0.05, 0) is 12.1 Å². The van der Waals surface area contributed by atoms with E-state index in [-0.39, 0.29) is 5.91 Å². The molecule has 3 rings (SSSR count). The first-order valence-electron chi connectivity index (χ1n) is 5.94. The summed E-state index contributed by atoms with van der Waals surface area (Å²) in [4.78, 5) is 21.5. The van der Waals surface area contributed by atoms with Gasteiger partial charge in [0, 0.05) is 24.0 Å². The van der Waals surface area contributed by atoms with Gasteiger partial charge in [0.25, 0.3) is 5.91 Å². The molecule has 0 spiro atoms. The largest absolute Gasteiger partial charge is 0.361 e. The average molecular weight is 271 g/mol. The van der Waals surface area contributed by atoms with Crippen LogP contribution in [0, 0.1) is 0 Å². The van der Waals surface area contributed by atoms with E-state index in [4.69, 9.17) is 0 Å². The molecular formula is C14H13N3OS. The highest BCUT2D eigenvalue weighted by molar-refractivity contribution is 7.07. The molecule has 3 aromatic rings. The second-order valence-electron chi connectivity index (χ2n) is 4.39. The average Bonchev–Trinajstić information content (AvgIpc) is 3.07. The van der Waals surface area contributed by atoms with Gasteiger partial charge in [-0.15, -0.1) is 11.3 Å². The quantitative estimate of drug-likeness (QED) is 0.796. The molecule has 0 saturated heterocycles. The first-order chi connectivity index (χ1) is 9.25. The smallest absolute Gasteiger partial charge is 0.256 e. The van der Waals surface area contributed by atoms with Crippen LogP contribution >= 0.6 is 11.3 Å². The summed E-state index contributed by atoms with van der Waals surface area (Å²) in [5, 5.41) is 3.01. The molecule has 0 atom stereocenters. The van der Waals surface area contributed by atoms with Crippen LogP contribution in [0.2, 0.25) is 0 Å². The number of aromatic amines is 1. The fraction of sp³-hybridized carbons (Fsp3) is 0.143. The van der Waals surface area contributed by atoms with Crippen LogP contribution < -0.4 is 0 Å². The number of amides is 1. The van der Waals surface area contributed by atoms with Crippen LogP contribution in [0.4, 0.5) is 0 Å². The third kappa shape index (κ3) is 2.24. The Hall–Kier alpha value is -2.14. The van der Waals surface area contributed by atoms with Crippen LogP contribution in [0.1, 0.15) is 16.1 Å². The molecule has 0 aliphatic heterocycles. The van der Waals surface area contributed by atoms with Crippen LogP contribution in [-0.4, -0.2) is 27.8 Å². The summed E-state index contributed by atoms with van der Waals surface area (Å²) in [5.41, 5.74) is 4.27. The summed E-state index contributed by atoms with van der Waals surface area (Å²) in [6.45, 7) is 0.527. The van der Waals surface area contributed by atoms with Crippen molar-refractivity contribution >= 4 is 28.1 Å². The monoisotopic (exact) mass is 271 g/mol. The van der Waals surface area contributed by atoms with Crippen molar-refractivity contribution in [2.45, 2.75) is 6.54 Å². The second kappa shape index (κ2) is 4.85. The van der Waals surface area contributed by atoms with Crippen molar-refractivity contribution in [3.8, 4) is 0 Å². The van der Waals surface area contributed by atoms with Gasteiger partial charge in [0.1, 0.15) is 0 Å². The standard InChI is InChI=1S/C14H13N3OS/c1-17(7-11-8-19-9-16-11)14(18)12-4-2-3-10-5-6-15-13(10)12/h2-6,8-9,15H,7H2,1H3. The third-order valence-corrected chi connectivity index (χ3v) is 3.68. The van der Waals surface area contributed by atoms with Gasteiger partial charge >= 0.3 is 0 Å². The van der Waals surface area contributed by atoms with Gasteiger partial charge in [0.05, 0.1) is 28.8 Å². The minimum absolute atomic E-state index is 0.000972. The summed E-state index contributed by atoms with van der Waals surface area (Å²) >= 11 is 1.54. The number of rotatable bonds is 3. The number of para-hydroxylation sites is 1. The van der Waals surface area contributed by atoms with Crippen molar-refractivity contribution in [3.05, 3.63) is 52.6 Å². The Morgan fingerprint density at radius 2 is 2.32 bits per heavy atom. The van der Waals surface area contributed by atoms with Crippen LogP contribution in [0.5, 0.6) is 0 Å². The van der Waals surface area contributed by atoms with E-state index in [2.05, 4.69) is 9.97 Å². The van der Waals surface area contributed by atoms with Crippen LogP contribution in [0.3, 0.4) is 0 Å². The number of nitrogens with one attached hydrogen (secondary N) is 1. The number of thiazole rings is 1. The zero-order valence-electron chi connectivity index (χ0n) is 10.5. The van der Waals surface area contributed by atoms with E-state index in [1.54, 1.807) is 17.5 Å². The molecule has 0 bridgehead atoms. The van der Waals surface area contributed by atoms with E-state index in [9.17, 15) is 4.79 Å². The zero-order valence-corrected chi connectivity index (χ0v) is 11.3. The molecule has 19 heavy (non-hydrogen) atoms. The number of hydrogen-bond acceptors (Lipinski definition) is 3. The van der Waals surface area contributed by atoms with E-state index in [1.807, 2.05) is 35.8 Å². The summed E-state index contributed by atoms with van der Waals surface area (Å²) in [6.07, 6.45) is 1.85. The van der Waals surface area contributed by atoms with Gasteiger partial charge in [-0.25, -0.2) is 4.98 Å². The van der Waals surface area contributed by atoms with Gasteiger partial charge in [-0.3, -0.25) is 4.79 Å². The highest BCUT2D eigenvalue weighted by Gasteiger charge is 2.15. The summed E-state index contributed by atoms with van der Waals surface area (Å²) in [7, 11) is 1.80. The lowest BCUT2D eigenvalue weighted by Crippen LogP contribution is -2.26. The van der Waals surface area contributed by atoms with Gasteiger partial charge in [0.2, 0.25) is 0 Å². The number of fused-ring (bicyclic) bond motifs is 1. The highest BCUT2D eigenvalue weighted by Crippen LogP contribution is 2.19. The van der Waals surface area contributed by atoms with Crippen molar-refractivity contribution in [1.82, 2.24) is 14.9 Å². The van der Waals surface area contributed by atoms with Crippen LogP contribution in [-0.2, 0) is 6.54 Å². The van der Waals surface area contributed by atoms with Crippen molar-refractivity contribution < 1.29 is 4.79 Å². The fourth-order valence-corrected chi connectivity index (χ4v) is 2.65. The van der Waals surface area contributed by atoms with Gasteiger partial charge in [-0.2, -0.15) is 0 Å². The van der Waals surface area contributed by atoms with E-state index in [1.165, 1.54) is 11.3 Å². The number of carbonyl (C=O) groups excluding carboxylic acids is 1. The Bertz CT molecular complexity index is 702. The lowest BCUT2D eigenvalue weighted by Gasteiger charge is -2.16. The maximum absolute atomic E-state index is 12.5. The summed E-state index contributed by atoms with van der Waals surface area (Å²) < 4.78 is 0. The molecule has 1 N–H and O–H groups in total. The molecule has 0 aliphatic rings. The SMILES string of the molecule is CN(Cc1cscn1)C(=O)c1cccc2cc[nH]c12.